The molecule has 0 spiro atoms. The van der Waals surface area contributed by atoms with E-state index in [1.165, 1.54) is 5.57 Å². The average molecular weight is 431 g/mol. The highest BCUT2D eigenvalue weighted by Gasteiger charge is 2.64. The standard InChI is InChI=1S/C26H38O5/c1-15-10-18-20-11-16(2)23(21(28)7-9-31-14-30-5)26(20,4)13-22(29)24(18)25(3)8-6-17(27)12-19(15)25/h6,8,12,15-16,18,20,22-24,29H,7,9-11,13-14H2,1-5H3/t15-,16-,18-,20-,22-,23+,24+,25-,26-/m0/s1. The van der Waals surface area contributed by atoms with Crippen molar-refractivity contribution in [3.8, 4) is 0 Å². The van der Waals surface area contributed by atoms with Gasteiger partial charge in [0.15, 0.2) is 5.78 Å². The average Bonchev–Trinajstić information content (AvgIpc) is 2.96. The minimum atomic E-state index is -0.477. The summed E-state index contributed by atoms with van der Waals surface area (Å²) < 4.78 is 10.3. The van der Waals surface area contributed by atoms with E-state index in [4.69, 9.17) is 9.47 Å². The van der Waals surface area contributed by atoms with Crippen molar-refractivity contribution in [2.45, 2.75) is 59.5 Å². The number of carbonyl (C=O) groups excluding carboxylic acids is 2. The summed E-state index contributed by atoms with van der Waals surface area (Å²) in [6.07, 6.45) is 8.13. The molecule has 5 heteroatoms. The lowest BCUT2D eigenvalue weighted by atomic mass is 9.45. The Kier molecular flexibility index (Phi) is 6.08. The number of Topliss-reactive ketones (excluding diaryl/α,β-unsaturated/α-hetero) is 1. The largest absolute Gasteiger partial charge is 0.393 e. The molecule has 0 aromatic rings. The van der Waals surface area contributed by atoms with Crippen LogP contribution in [0.1, 0.15) is 53.4 Å². The van der Waals surface area contributed by atoms with Gasteiger partial charge in [0.25, 0.3) is 0 Å². The van der Waals surface area contributed by atoms with Gasteiger partial charge in [-0.05, 0) is 60.5 Å². The molecule has 4 aliphatic carbocycles. The maximum Gasteiger partial charge on any atom is 0.178 e. The van der Waals surface area contributed by atoms with Crippen molar-refractivity contribution in [3.05, 3.63) is 23.8 Å². The lowest BCUT2D eigenvalue weighted by Gasteiger charge is -2.60. The summed E-state index contributed by atoms with van der Waals surface area (Å²) in [5, 5.41) is 11.5. The number of aliphatic hydroxyl groups is 1. The molecule has 4 rings (SSSR count). The van der Waals surface area contributed by atoms with Crippen LogP contribution in [0.2, 0.25) is 0 Å². The SMILES string of the molecule is COCOCCC(=O)[C@H]1[C@@H](C)C[C@H]2[C@@H]3C[C@H](C)C4=CC(=O)C=C[C@]4(C)[C@H]3[C@@H](O)C[C@@]21C. The molecule has 3 fully saturated rings. The van der Waals surface area contributed by atoms with E-state index in [1.807, 2.05) is 6.08 Å². The maximum absolute atomic E-state index is 13.3. The molecule has 0 unspecified atom stereocenters. The van der Waals surface area contributed by atoms with E-state index in [0.29, 0.717) is 43.1 Å². The Morgan fingerprint density at radius 2 is 2.00 bits per heavy atom. The zero-order valence-electron chi connectivity index (χ0n) is 19.6. The van der Waals surface area contributed by atoms with Crippen molar-refractivity contribution in [1.82, 2.24) is 0 Å². The number of ether oxygens (including phenoxy) is 2. The van der Waals surface area contributed by atoms with Gasteiger partial charge in [0.1, 0.15) is 12.6 Å². The zero-order valence-corrected chi connectivity index (χ0v) is 19.6. The molecule has 1 N–H and O–H groups in total. The van der Waals surface area contributed by atoms with E-state index < -0.39 is 6.10 Å². The van der Waals surface area contributed by atoms with Crippen LogP contribution in [0.3, 0.4) is 0 Å². The van der Waals surface area contributed by atoms with Gasteiger partial charge in [-0.25, -0.2) is 0 Å². The predicted octanol–water partition coefficient (Wildman–Crippen LogP) is 3.95. The molecule has 0 radical (unpaired) electrons. The first-order valence-electron chi connectivity index (χ1n) is 11.9. The fourth-order valence-corrected chi connectivity index (χ4v) is 8.27. The van der Waals surface area contributed by atoms with Crippen LogP contribution >= 0.6 is 0 Å². The highest BCUT2D eigenvalue weighted by Crippen LogP contribution is 2.68. The lowest BCUT2D eigenvalue weighted by molar-refractivity contribution is -0.143. The normalized spacial score (nSPS) is 46.2. The van der Waals surface area contributed by atoms with Crippen molar-refractivity contribution in [3.63, 3.8) is 0 Å². The topological polar surface area (TPSA) is 72.8 Å². The molecule has 0 aliphatic heterocycles. The number of methoxy groups -OCH3 is 1. The van der Waals surface area contributed by atoms with Crippen LogP contribution in [-0.4, -0.2) is 43.3 Å². The van der Waals surface area contributed by atoms with E-state index in [0.717, 1.165) is 12.8 Å². The molecule has 172 valence electrons. The van der Waals surface area contributed by atoms with E-state index in [9.17, 15) is 14.7 Å². The summed E-state index contributed by atoms with van der Waals surface area (Å²) in [6, 6.07) is 0. The Morgan fingerprint density at radius 1 is 1.26 bits per heavy atom. The van der Waals surface area contributed by atoms with Crippen molar-refractivity contribution in [2.24, 2.45) is 46.3 Å². The van der Waals surface area contributed by atoms with Gasteiger partial charge in [0.05, 0.1) is 12.7 Å². The van der Waals surface area contributed by atoms with Crippen LogP contribution in [0.15, 0.2) is 23.8 Å². The smallest absolute Gasteiger partial charge is 0.178 e. The number of rotatable bonds is 6. The predicted molar refractivity (Wildman–Crippen MR) is 118 cm³/mol. The second-order valence-electron chi connectivity index (χ2n) is 11.0. The molecule has 3 saturated carbocycles. The number of allylic oxidation sites excluding steroid dienone is 4. The van der Waals surface area contributed by atoms with E-state index in [1.54, 1.807) is 13.2 Å². The van der Waals surface area contributed by atoms with Gasteiger partial charge in [-0.1, -0.05) is 39.3 Å². The van der Waals surface area contributed by atoms with Gasteiger partial charge in [-0.3, -0.25) is 9.59 Å². The number of hydrogen-bond donors (Lipinski definition) is 1. The van der Waals surface area contributed by atoms with Crippen LogP contribution in [0.5, 0.6) is 0 Å². The van der Waals surface area contributed by atoms with Crippen LogP contribution < -0.4 is 0 Å². The monoisotopic (exact) mass is 430 g/mol. The van der Waals surface area contributed by atoms with Crippen LogP contribution in [0.25, 0.3) is 0 Å². The Hall–Kier alpha value is -1.30. The number of ketones is 2. The van der Waals surface area contributed by atoms with E-state index in [2.05, 4.69) is 33.8 Å². The molecular formula is C26H38O5. The Bertz CT molecular complexity index is 800. The quantitative estimate of drug-likeness (QED) is 0.510. The second-order valence-corrected chi connectivity index (χ2v) is 11.0. The van der Waals surface area contributed by atoms with Crippen molar-refractivity contribution in [1.29, 1.82) is 0 Å². The number of fused-ring (bicyclic) bond motifs is 5. The summed E-state index contributed by atoms with van der Waals surface area (Å²) >= 11 is 0. The molecule has 4 aliphatic rings. The van der Waals surface area contributed by atoms with Gasteiger partial charge < -0.3 is 14.6 Å². The van der Waals surface area contributed by atoms with Crippen molar-refractivity contribution in [2.75, 3.05) is 20.5 Å². The zero-order chi connectivity index (χ0) is 22.6. The molecule has 0 aromatic carbocycles. The van der Waals surface area contributed by atoms with Gasteiger partial charge in [-0.15, -0.1) is 0 Å². The minimum absolute atomic E-state index is 0.0391. The first-order valence-corrected chi connectivity index (χ1v) is 11.9. The Labute approximate surface area is 186 Å². The van der Waals surface area contributed by atoms with E-state index in [-0.39, 0.29) is 41.0 Å². The van der Waals surface area contributed by atoms with Gasteiger partial charge in [-0.2, -0.15) is 0 Å². The van der Waals surface area contributed by atoms with Crippen molar-refractivity contribution < 1.29 is 24.2 Å². The number of carbonyl (C=O) groups is 2. The molecule has 0 saturated heterocycles. The number of aliphatic hydroxyl groups excluding tert-OH is 1. The number of hydrogen-bond acceptors (Lipinski definition) is 5. The highest BCUT2D eigenvalue weighted by molar-refractivity contribution is 6.01. The van der Waals surface area contributed by atoms with E-state index >= 15 is 0 Å². The minimum Gasteiger partial charge on any atom is -0.393 e. The summed E-state index contributed by atoms with van der Waals surface area (Å²) in [4.78, 5) is 25.4. The molecular weight excluding hydrogens is 392 g/mol. The molecule has 0 heterocycles. The van der Waals surface area contributed by atoms with Crippen LogP contribution in [0.4, 0.5) is 0 Å². The third kappa shape index (κ3) is 3.57. The van der Waals surface area contributed by atoms with Gasteiger partial charge >= 0.3 is 0 Å². The molecule has 9 atom stereocenters. The fraction of sp³-hybridized carbons (Fsp3) is 0.769. The van der Waals surface area contributed by atoms with Gasteiger partial charge in [0.2, 0.25) is 0 Å². The summed E-state index contributed by atoms with van der Waals surface area (Å²) in [5.41, 5.74) is 0.707. The fourth-order valence-electron chi connectivity index (χ4n) is 8.27. The molecule has 31 heavy (non-hydrogen) atoms. The second kappa shape index (κ2) is 8.24. The molecule has 0 bridgehead atoms. The molecule has 0 amide bonds. The Balaban J connectivity index is 1.62. The Morgan fingerprint density at radius 3 is 2.71 bits per heavy atom. The molecule has 0 aromatic heterocycles. The maximum atomic E-state index is 13.3. The first kappa shape index (κ1) is 22.9. The highest BCUT2D eigenvalue weighted by atomic mass is 16.7. The lowest BCUT2D eigenvalue weighted by Crippen LogP contribution is -2.57. The van der Waals surface area contributed by atoms with Crippen molar-refractivity contribution >= 4 is 11.6 Å². The third-order valence-corrected chi connectivity index (χ3v) is 9.20. The van der Waals surface area contributed by atoms with Crippen LogP contribution in [0, 0.1) is 46.3 Å². The summed E-state index contributed by atoms with van der Waals surface area (Å²) in [5.74, 6) is 1.76. The third-order valence-electron chi connectivity index (χ3n) is 9.20. The summed E-state index contributed by atoms with van der Waals surface area (Å²) in [7, 11) is 1.58. The van der Waals surface area contributed by atoms with Gasteiger partial charge in [0, 0.05) is 30.8 Å². The molecule has 5 nitrogen and oxygen atoms in total. The first-order chi connectivity index (χ1) is 14.6. The van der Waals surface area contributed by atoms with Crippen LogP contribution in [-0.2, 0) is 19.1 Å². The summed E-state index contributed by atoms with van der Waals surface area (Å²) in [6.45, 7) is 9.47.